The van der Waals surface area contributed by atoms with Crippen molar-refractivity contribution in [1.29, 1.82) is 0 Å². The molecule has 6 nitrogen and oxygen atoms in total. The molecule has 0 bridgehead atoms. The van der Waals surface area contributed by atoms with Crippen molar-refractivity contribution >= 4 is 34.5 Å². The molecule has 0 aliphatic heterocycles. The minimum absolute atomic E-state index is 0.332. The van der Waals surface area contributed by atoms with Gasteiger partial charge in [-0.15, -0.1) is 0 Å². The van der Waals surface area contributed by atoms with Gasteiger partial charge in [-0.25, -0.2) is 9.78 Å². The molecule has 0 aliphatic rings. The van der Waals surface area contributed by atoms with Gasteiger partial charge in [-0.05, 0) is 54.8 Å². The number of pyridine rings is 1. The molecule has 2 amide bonds. The lowest BCUT2D eigenvalue weighted by Gasteiger charge is -2.10. The molecule has 7 heteroatoms. The first-order valence-electron chi connectivity index (χ1n) is 8.55. The Kier molecular flexibility index (Phi) is 4.76. The Morgan fingerprint density at radius 3 is 2.74 bits per heavy atom. The van der Waals surface area contributed by atoms with Crippen LogP contribution in [0.5, 0.6) is 5.75 Å². The summed E-state index contributed by atoms with van der Waals surface area (Å²) in [7, 11) is 0. The van der Waals surface area contributed by atoms with Crippen LogP contribution in [0.15, 0.2) is 65.5 Å². The fourth-order valence-electron chi connectivity index (χ4n) is 2.79. The van der Waals surface area contributed by atoms with Gasteiger partial charge in [-0.3, -0.25) is 9.72 Å². The molecule has 1 aromatic carbocycles. The summed E-state index contributed by atoms with van der Waals surface area (Å²) >= 11 is 1.59. The van der Waals surface area contributed by atoms with E-state index in [0.717, 1.165) is 22.7 Å². The predicted octanol–water partition coefficient (Wildman–Crippen LogP) is 5.11. The second-order valence-electron chi connectivity index (χ2n) is 5.79. The van der Waals surface area contributed by atoms with Crippen LogP contribution in [-0.4, -0.2) is 22.0 Å². The molecule has 0 unspecified atom stereocenters. The van der Waals surface area contributed by atoms with E-state index < -0.39 is 0 Å². The number of fused-ring (bicyclic) bond motifs is 1. The van der Waals surface area contributed by atoms with E-state index in [9.17, 15) is 4.79 Å². The van der Waals surface area contributed by atoms with E-state index in [1.54, 1.807) is 23.5 Å². The number of carbonyl (C=O) groups excluding carboxylic acids is 1. The third kappa shape index (κ3) is 3.63. The average Bonchev–Trinajstić information content (AvgIpc) is 3.32. The first-order chi connectivity index (χ1) is 13.2. The van der Waals surface area contributed by atoms with Crippen LogP contribution >= 0.6 is 11.3 Å². The molecule has 0 radical (unpaired) electrons. The number of thiophene rings is 1. The minimum Gasteiger partial charge on any atom is -0.494 e. The molecule has 3 aromatic heterocycles. The molecule has 0 spiro atoms. The second kappa shape index (κ2) is 7.51. The molecule has 0 fully saturated rings. The number of amides is 2. The zero-order valence-electron chi connectivity index (χ0n) is 14.7. The van der Waals surface area contributed by atoms with Crippen molar-refractivity contribution in [3.63, 3.8) is 0 Å². The number of urea groups is 1. The topological polar surface area (TPSA) is 67.7 Å². The number of imidazole rings is 1. The van der Waals surface area contributed by atoms with Gasteiger partial charge in [0, 0.05) is 22.8 Å². The molecule has 2 N–H and O–H groups in total. The van der Waals surface area contributed by atoms with Gasteiger partial charge in [-0.2, -0.15) is 11.3 Å². The standard InChI is InChI=1S/C20H18N4O2S/c1-2-26-16-8-6-15(7-9-16)21-20(25)23-19-18(14-10-12-27-13-14)22-17-5-3-4-11-24(17)19/h3-13H,2H2,1H3,(H2,21,23,25). The number of hydrogen-bond donors (Lipinski definition) is 2. The maximum Gasteiger partial charge on any atom is 0.324 e. The Bertz CT molecular complexity index is 1060. The van der Waals surface area contributed by atoms with Gasteiger partial charge < -0.3 is 10.1 Å². The summed E-state index contributed by atoms with van der Waals surface area (Å²) in [6.45, 7) is 2.54. The van der Waals surface area contributed by atoms with E-state index in [1.165, 1.54) is 0 Å². The van der Waals surface area contributed by atoms with E-state index >= 15 is 0 Å². The number of benzene rings is 1. The van der Waals surface area contributed by atoms with Crippen molar-refractivity contribution in [3.8, 4) is 17.0 Å². The molecule has 136 valence electrons. The summed E-state index contributed by atoms with van der Waals surface area (Å²) in [5, 5.41) is 9.78. The SMILES string of the molecule is CCOc1ccc(NC(=O)Nc2c(-c3ccsc3)nc3ccccn23)cc1. The van der Waals surface area contributed by atoms with Crippen LogP contribution in [0.25, 0.3) is 16.9 Å². The number of nitrogens with one attached hydrogen (secondary N) is 2. The zero-order valence-corrected chi connectivity index (χ0v) is 15.5. The number of hydrogen-bond acceptors (Lipinski definition) is 4. The second-order valence-corrected chi connectivity index (χ2v) is 6.57. The summed E-state index contributed by atoms with van der Waals surface area (Å²) in [6, 6.07) is 14.6. The number of aromatic nitrogens is 2. The highest BCUT2D eigenvalue weighted by atomic mass is 32.1. The zero-order chi connectivity index (χ0) is 18.6. The smallest absolute Gasteiger partial charge is 0.324 e. The summed E-state index contributed by atoms with van der Waals surface area (Å²) < 4.78 is 7.28. The van der Waals surface area contributed by atoms with Crippen LogP contribution in [0.4, 0.5) is 16.3 Å². The Morgan fingerprint density at radius 1 is 1.15 bits per heavy atom. The summed E-state index contributed by atoms with van der Waals surface area (Å²) in [4.78, 5) is 17.2. The van der Waals surface area contributed by atoms with Crippen molar-refractivity contribution in [3.05, 3.63) is 65.5 Å². The number of nitrogens with zero attached hydrogens (tertiary/aromatic N) is 2. The van der Waals surface area contributed by atoms with Gasteiger partial charge in [0.15, 0.2) is 0 Å². The van der Waals surface area contributed by atoms with E-state index in [4.69, 9.17) is 4.74 Å². The first kappa shape index (κ1) is 17.1. The third-order valence-corrected chi connectivity index (χ3v) is 4.66. The van der Waals surface area contributed by atoms with Crippen molar-refractivity contribution in [2.24, 2.45) is 0 Å². The van der Waals surface area contributed by atoms with Gasteiger partial charge in [0.2, 0.25) is 0 Å². The molecule has 0 atom stereocenters. The number of carbonyl (C=O) groups is 1. The van der Waals surface area contributed by atoms with Crippen LogP contribution in [0.2, 0.25) is 0 Å². The van der Waals surface area contributed by atoms with Crippen LogP contribution in [0.1, 0.15) is 6.92 Å². The Labute approximate surface area is 160 Å². The Hall–Kier alpha value is -3.32. The highest BCUT2D eigenvalue weighted by molar-refractivity contribution is 7.08. The molecule has 27 heavy (non-hydrogen) atoms. The highest BCUT2D eigenvalue weighted by Crippen LogP contribution is 2.30. The molecule has 3 heterocycles. The summed E-state index contributed by atoms with van der Waals surface area (Å²) in [5.41, 5.74) is 3.17. The van der Waals surface area contributed by atoms with Gasteiger partial charge in [-0.1, -0.05) is 6.07 Å². The molecule has 0 saturated heterocycles. The number of ether oxygens (including phenoxy) is 1. The van der Waals surface area contributed by atoms with Crippen LogP contribution in [-0.2, 0) is 0 Å². The van der Waals surface area contributed by atoms with Gasteiger partial charge >= 0.3 is 6.03 Å². The van der Waals surface area contributed by atoms with Gasteiger partial charge in [0.1, 0.15) is 22.9 Å². The van der Waals surface area contributed by atoms with Gasteiger partial charge in [0.25, 0.3) is 0 Å². The Balaban J connectivity index is 1.59. The summed E-state index contributed by atoms with van der Waals surface area (Å²) in [5.74, 6) is 1.40. The molecule has 0 aliphatic carbocycles. The van der Waals surface area contributed by atoms with E-state index in [2.05, 4.69) is 15.6 Å². The highest BCUT2D eigenvalue weighted by Gasteiger charge is 2.16. The largest absolute Gasteiger partial charge is 0.494 e. The van der Waals surface area contributed by atoms with Crippen molar-refractivity contribution in [2.45, 2.75) is 6.92 Å². The molecular formula is C20H18N4O2S. The first-order valence-corrected chi connectivity index (χ1v) is 9.49. The summed E-state index contributed by atoms with van der Waals surface area (Å²) in [6.07, 6.45) is 1.88. The van der Waals surface area contributed by atoms with E-state index in [-0.39, 0.29) is 6.03 Å². The molecule has 0 saturated carbocycles. The van der Waals surface area contributed by atoms with Crippen LogP contribution in [0, 0.1) is 0 Å². The normalized spacial score (nSPS) is 10.7. The Morgan fingerprint density at radius 2 is 2.00 bits per heavy atom. The maximum atomic E-state index is 12.6. The molecular weight excluding hydrogens is 360 g/mol. The fraction of sp³-hybridized carbons (Fsp3) is 0.100. The maximum absolute atomic E-state index is 12.6. The fourth-order valence-corrected chi connectivity index (χ4v) is 3.43. The van der Waals surface area contributed by atoms with Gasteiger partial charge in [0.05, 0.1) is 6.61 Å². The van der Waals surface area contributed by atoms with E-state index in [1.807, 2.05) is 64.7 Å². The lowest BCUT2D eigenvalue weighted by molar-refractivity contribution is 0.262. The quantitative estimate of drug-likeness (QED) is 0.507. The number of rotatable bonds is 5. The number of anilines is 2. The van der Waals surface area contributed by atoms with Crippen LogP contribution in [0.3, 0.4) is 0 Å². The average molecular weight is 378 g/mol. The van der Waals surface area contributed by atoms with E-state index in [0.29, 0.717) is 18.1 Å². The van der Waals surface area contributed by atoms with Crippen molar-refractivity contribution in [1.82, 2.24) is 9.38 Å². The van der Waals surface area contributed by atoms with Crippen LogP contribution < -0.4 is 15.4 Å². The minimum atomic E-state index is -0.332. The third-order valence-electron chi connectivity index (χ3n) is 3.98. The molecule has 4 aromatic rings. The monoisotopic (exact) mass is 378 g/mol. The van der Waals surface area contributed by atoms with Crippen molar-refractivity contribution < 1.29 is 9.53 Å². The lowest BCUT2D eigenvalue weighted by atomic mass is 10.2. The predicted molar refractivity (Wildman–Crippen MR) is 109 cm³/mol. The molecule has 4 rings (SSSR count). The lowest BCUT2D eigenvalue weighted by Crippen LogP contribution is -2.20. The van der Waals surface area contributed by atoms with Crippen molar-refractivity contribution in [2.75, 3.05) is 17.2 Å².